The van der Waals surface area contributed by atoms with Crippen LogP contribution in [0, 0.1) is 11.6 Å². The number of hydrogen-bond acceptors (Lipinski definition) is 1. The SMILES string of the molecule is CCn1cc(Br)cc1C(=O)NC(C)c1cc(F)ccc1F. The average molecular weight is 357 g/mol. The highest BCUT2D eigenvalue weighted by atomic mass is 79.9. The van der Waals surface area contributed by atoms with Crippen molar-refractivity contribution in [2.45, 2.75) is 26.4 Å². The van der Waals surface area contributed by atoms with Crippen molar-refractivity contribution in [3.05, 3.63) is 57.8 Å². The molecule has 0 fully saturated rings. The molecule has 0 aliphatic rings. The lowest BCUT2D eigenvalue weighted by Gasteiger charge is -2.16. The van der Waals surface area contributed by atoms with Gasteiger partial charge in [0.2, 0.25) is 0 Å². The predicted molar refractivity (Wildman–Crippen MR) is 80.0 cm³/mol. The Hall–Kier alpha value is -1.69. The van der Waals surface area contributed by atoms with Crippen molar-refractivity contribution in [1.82, 2.24) is 9.88 Å². The third kappa shape index (κ3) is 3.50. The van der Waals surface area contributed by atoms with E-state index in [1.807, 2.05) is 6.92 Å². The Labute approximate surface area is 130 Å². The Morgan fingerprint density at radius 3 is 2.76 bits per heavy atom. The lowest BCUT2D eigenvalue weighted by atomic mass is 10.1. The van der Waals surface area contributed by atoms with Crippen LogP contribution in [-0.4, -0.2) is 10.5 Å². The number of nitrogens with one attached hydrogen (secondary N) is 1. The Kier molecular flexibility index (Phi) is 4.77. The highest BCUT2D eigenvalue weighted by molar-refractivity contribution is 9.10. The third-order valence-corrected chi connectivity index (χ3v) is 3.64. The smallest absolute Gasteiger partial charge is 0.268 e. The minimum absolute atomic E-state index is 0.122. The standard InChI is InChI=1S/C15H15BrF2N2O/c1-3-20-8-10(16)6-14(20)15(21)19-9(2)12-7-11(17)4-5-13(12)18/h4-9H,3H2,1-2H3,(H,19,21). The van der Waals surface area contributed by atoms with Crippen LogP contribution in [0.15, 0.2) is 34.9 Å². The first-order valence-corrected chi connectivity index (χ1v) is 7.33. The van der Waals surface area contributed by atoms with E-state index < -0.39 is 17.7 Å². The Morgan fingerprint density at radius 1 is 1.38 bits per heavy atom. The molecule has 1 atom stereocenters. The minimum atomic E-state index is -0.632. The molecule has 112 valence electrons. The number of rotatable bonds is 4. The highest BCUT2D eigenvalue weighted by Gasteiger charge is 2.18. The molecule has 0 aliphatic carbocycles. The summed E-state index contributed by atoms with van der Waals surface area (Å²) in [6.45, 7) is 4.17. The van der Waals surface area contributed by atoms with E-state index in [9.17, 15) is 13.6 Å². The van der Waals surface area contributed by atoms with Gasteiger partial charge in [0, 0.05) is 22.8 Å². The topological polar surface area (TPSA) is 34.0 Å². The van der Waals surface area contributed by atoms with Crippen molar-refractivity contribution in [2.75, 3.05) is 0 Å². The Bertz CT molecular complexity index is 670. The molecule has 0 saturated heterocycles. The van der Waals surface area contributed by atoms with Crippen LogP contribution in [0.3, 0.4) is 0 Å². The van der Waals surface area contributed by atoms with E-state index in [4.69, 9.17) is 0 Å². The number of aromatic nitrogens is 1. The molecule has 1 amide bonds. The van der Waals surface area contributed by atoms with Gasteiger partial charge in [-0.05, 0) is 54.0 Å². The molecule has 1 heterocycles. The van der Waals surface area contributed by atoms with E-state index in [0.29, 0.717) is 12.2 Å². The molecule has 1 aromatic carbocycles. The van der Waals surface area contributed by atoms with Gasteiger partial charge in [-0.15, -0.1) is 0 Å². The molecule has 1 unspecified atom stereocenters. The summed E-state index contributed by atoms with van der Waals surface area (Å²) in [6, 6.07) is 4.25. The van der Waals surface area contributed by atoms with E-state index in [-0.39, 0.29) is 11.5 Å². The summed E-state index contributed by atoms with van der Waals surface area (Å²) < 4.78 is 29.5. The second-order valence-electron chi connectivity index (χ2n) is 4.69. The lowest BCUT2D eigenvalue weighted by Crippen LogP contribution is -2.29. The van der Waals surface area contributed by atoms with Gasteiger partial charge in [-0.25, -0.2) is 8.78 Å². The van der Waals surface area contributed by atoms with E-state index in [1.165, 1.54) is 0 Å². The number of amides is 1. The van der Waals surface area contributed by atoms with Crippen molar-refractivity contribution in [2.24, 2.45) is 0 Å². The molecular weight excluding hydrogens is 342 g/mol. The normalized spacial score (nSPS) is 12.2. The van der Waals surface area contributed by atoms with Gasteiger partial charge >= 0.3 is 0 Å². The highest BCUT2D eigenvalue weighted by Crippen LogP contribution is 2.20. The molecule has 1 aromatic heterocycles. The zero-order valence-corrected chi connectivity index (χ0v) is 13.2. The number of carbonyl (C=O) groups is 1. The molecule has 0 spiro atoms. The molecule has 0 bridgehead atoms. The number of halogens is 3. The van der Waals surface area contributed by atoms with Crippen molar-refractivity contribution in [3.63, 3.8) is 0 Å². The molecule has 21 heavy (non-hydrogen) atoms. The van der Waals surface area contributed by atoms with Crippen molar-refractivity contribution in [3.8, 4) is 0 Å². The minimum Gasteiger partial charge on any atom is -0.344 e. The van der Waals surface area contributed by atoms with Crippen LogP contribution in [0.2, 0.25) is 0 Å². The third-order valence-electron chi connectivity index (χ3n) is 3.21. The molecule has 0 aliphatic heterocycles. The van der Waals surface area contributed by atoms with Gasteiger partial charge in [-0.2, -0.15) is 0 Å². The fourth-order valence-corrected chi connectivity index (χ4v) is 2.59. The quantitative estimate of drug-likeness (QED) is 0.881. The summed E-state index contributed by atoms with van der Waals surface area (Å²) in [4.78, 5) is 12.2. The number of carbonyl (C=O) groups excluding carboxylic acids is 1. The summed E-state index contributed by atoms with van der Waals surface area (Å²) in [5.41, 5.74) is 0.588. The first-order valence-electron chi connectivity index (χ1n) is 6.53. The maximum absolute atomic E-state index is 13.7. The molecule has 0 saturated carbocycles. The van der Waals surface area contributed by atoms with Crippen LogP contribution in [0.25, 0.3) is 0 Å². The molecule has 2 aromatic rings. The molecule has 1 N–H and O–H groups in total. The van der Waals surface area contributed by atoms with E-state index in [1.54, 1.807) is 23.8 Å². The first kappa shape index (κ1) is 15.7. The molecule has 2 rings (SSSR count). The molecular formula is C15H15BrF2N2O. The summed E-state index contributed by atoms with van der Waals surface area (Å²) >= 11 is 3.31. The molecule has 3 nitrogen and oxygen atoms in total. The van der Waals surface area contributed by atoms with Gasteiger partial charge in [-0.1, -0.05) is 0 Å². The summed E-state index contributed by atoms with van der Waals surface area (Å²) in [6.07, 6.45) is 1.79. The average Bonchev–Trinajstić information content (AvgIpc) is 2.82. The molecule has 0 radical (unpaired) electrons. The van der Waals surface area contributed by atoms with E-state index >= 15 is 0 Å². The van der Waals surface area contributed by atoms with E-state index in [0.717, 1.165) is 22.7 Å². The van der Waals surface area contributed by atoms with Crippen LogP contribution >= 0.6 is 15.9 Å². The summed E-state index contributed by atoms with van der Waals surface area (Å²) in [5.74, 6) is -1.41. The number of nitrogens with zero attached hydrogens (tertiary/aromatic N) is 1. The zero-order chi connectivity index (χ0) is 15.6. The number of aryl methyl sites for hydroxylation is 1. The fourth-order valence-electron chi connectivity index (χ4n) is 2.12. The maximum atomic E-state index is 13.7. The Balaban J connectivity index is 2.20. The van der Waals surface area contributed by atoms with Crippen LogP contribution in [-0.2, 0) is 6.54 Å². The zero-order valence-electron chi connectivity index (χ0n) is 11.7. The maximum Gasteiger partial charge on any atom is 0.268 e. The summed E-state index contributed by atoms with van der Waals surface area (Å²) in [7, 11) is 0. The number of hydrogen-bond donors (Lipinski definition) is 1. The van der Waals surface area contributed by atoms with Crippen LogP contribution in [0.5, 0.6) is 0 Å². The van der Waals surface area contributed by atoms with Crippen molar-refractivity contribution >= 4 is 21.8 Å². The van der Waals surface area contributed by atoms with Gasteiger partial charge in [0.15, 0.2) is 0 Å². The fraction of sp³-hybridized carbons (Fsp3) is 0.267. The monoisotopic (exact) mass is 356 g/mol. The predicted octanol–water partition coefficient (Wildman–Crippen LogP) is 4.04. The second kappa shape index (κ2) is 6.39. The van der Waals surface area contributed by atoms with Crippen LogP contribution in [0.4, 0.5) is 8.78 Å². The lowest BCUT2D eigenvalue weighted by molar-refractivity contribution is 0.0930. The van der Waals surface area contributed by atoms with Gasteiger partial charge in [-0.3, -0.25) is 4.79 Å². The second-order valence-corrected chi connectivity index (χ2v) is 5.61. The van der Waals surface area contributed by atoms with E-state index in [2.05, 4.69) is 21.2 Å². The summed E-state index contributed by atoms with van der Waals surface area (Å²) in [5, 5.41) is 2.68. The van der Waals surface area contributed by atoms with Gasteiger partial charge < -0.3 is 9.88 Å². The van der Waals surface area contributed by atoms with Crippen LogP contribution < -0.4 is 5.32 Å². The van der Waals surface area contributed by atoms with Crippen molar-refractivity contribution in [1.29, 1.82) is 0 Å². The first-order chi connectivity index (χ1) is 9.92. The number of benzene rings is 1. The van der Waals surface area contributed by atoms with Gasteiger partial charge in [0.1, 0.15) is 17.3 Å². The Morgan fingerprint density at radius 2 is 2.10 bits per heavy atom. The largest absolute Gasteiger partial charge is 0.344 e. The van der Waals surface area contributed by atoms with Gasteiger partial charge in [0.25, 0.3) is 5.91 Å². The van der Waals surface area contributed by atoms with Crippen LogP contribution in [0.1, 0.15) is 35.9 Å². The molecule has 6 heteroatoms. The van der Waals surface area contributed by atoms with Gasteiger partial charge in [0.05, 0.1) is 6.04 Å². The van der Waals surface area contributed by atoms with Crippen molar-refractivity contribution < 1.29 is 13.6 Å².